The maximum atomic E-state index is 5.62. The molecule has 0 saturated heterocycles. The molecule has 2 aromatic rings. The molecule has 0 atom stereocenters. The monoisotopic (exact) mass is 263 g/mol. The van der Waals surface area contributed by atoms with Crippen molar-refractivity contribution in [2.24, 2.45) is 5.73 Å². The molecular weight excluding hydrogens is 246 g/mol. The minimum absolute atomic E-state index is 0.471. The average molecular weight is 263 g/mol. The number of aromatic nitrogens is 2. The molecule has 0 radical (unpaired) electrons. The van der Waals surface area contributed by atoms with Crippen LogP contribution in [0.1, 0.15) is 12.2 Å². The minimum atomic E-state index is 0.471. The summed E-state index contributed by atoms with van der Waals surface area (Å²) < 4.78 is 7.26. The third kappa shape index (κ3) is 2.86. The number of benzene rings is 1. The van der Waals surface area contributed by atoms with E-state index in [1.807, 2.05) is 18.2 Å². The number of rotatable bonds is 6. The highest BCUT2D eigenvalue weighted by molar-refractivity contribution is 7.80. The molecule has 2 rings (SSSR count). The van der Waals surface area contributed by atoms with Crippen molar-refractivity contribution in [1.82, 2.24) is 9.55 Å². The number of fused-ring (bicyclic) bond motifs is 1. The van der Waals surface area contributed by atoms with Gasteiger partial charge in [0.1, 0.15) is 5.82 Å². The predicted molar refractivity (Wildman–Crippen MR) is 76.7 cm³/mol. The molecule has 5 heteroatoms. The third-order valence-corrected chi connectivity index (χ3v) is 2.94. The van der Waals surface area contributed by atoms with Crippen LogP contribution in [-0.4, -0.2) is 28.3 Å². The summed E-state index contributed by atoms with van der Waals surface area (Å²) in [6, 6.07) is 8.07. The predicted octanol–water partition coefficient (Wildman–Crippen LogP) is 1.90. The van der Waals surface area contributed by atoms with Crippen LogP contribution in [0.5, 0.6) is 0 Å². The van der Waals surface area contributed by atoms with Gasteiger partial charge in [0.2, 0.25) is 0 Å². The van der Waals surface area contributed by atoms with E-state index in [4.69, 9.17) is 22.7 Å². The Morgan fingerprint density at radius 1 is 1.44 bits per heavy atom. The molecule has 0 aliphatic carbocycles. The topological polar surface area (TPSA) is 53.1 Å². The number of para-hydroxylation sites is 2. The summed E-state index contributed by atoms with van der Waals surface area (Å²) in [5, 5.41) is 0. The largest absolute Gasteiger partial charge is 0.393 e. The van der Waals surface area contributed by atoms with Gasteiger partial charge in [0.25, 0.3) is 0 Å². The van der Waals surface area contributed by atoms with Crippen LogP contribution in [0.15, 0.2) is 24.3 Å². The number of nitrogens with zero attached hydrogens (tertiary/aromatic N) is 2. The number of methoxy groups -OCH3 is 1. The molecule has 0 fully saturated rings. The standard InChI is InChI=1S/C13H17N3OS/c1-17-8-4-7-16-11-6-3-2-5-10(11)15-13(16)9-12(14)18/h2-3,5-6H,4,7-9H2,1H3,(H2,14,18). The Hall–Kier alpha value is -1.46. The second-order valence-corrected chi connectivity index (χ2v) is 4.68. The molecule has 0 unspecified atom stereocenters. The molecule has 1 aromatic heterocycles. The van der Waals surface area contributed by atoms with Gasteiger partial charge in [-0.05, 0) is 18.6 Å². The average Bonchev–Trinajstić information content (AvgIpc) is 2.67. The first-order valence-corrected chi connectivity index (χ1v) is 6.34. The Labute approximate surface area is 112 Å². The van der Waals surface area contributed by atoms with E-state index in [-0.39, 0.29) is 0 Å². The Bertz CT molecular complexity index is 550. The lowest BCUT2D eigenvalue weighted by Gasteiger charge is -2.08. The van der Waals surface area contributed by atoms with Crippen LogP contribution in [-0.2, 0) is 17.7 Å². The van der Waals surface area contributed by atoms with Gasteiger partial charge in [0, 0.05) is 20.3 Å². The van der Waals surface area contributed by atoms with E-state index in [0.29, 0.717) is 11.4 Å². The highest BCUT2D eigenvalue weighted by atomic mass is 32.1. The van der Waals surface area contributed by atoms with Crippen molar-refractivity contribution in [1.29, 1.82) is 0 Å². The quantitative estimate of drug-likeness (QED) is 0.639. The van der Waals surface area contributed by atoms with Crippen LogP contribution in [0.2, 0.25) is 0 Å². The SMILES string of the molecule is COCCCn1c(CC(N)=S)nc2ccccc21. The first kappa shape index (κ1) is 13.0. The Morgan fingerprint density at radius 2 is 2.22 bits per heavy atom. The van der Waals surface area contributed by atoms with Gasteiger partial charge in [-0.1, -0.05) is 24.4 Å². The van der Waals surface area contributed by atoms with E-state index in [9.17, 15) is 0 Å². The smallest absolute Gasteiger partial charge is 0.116 e. The second-order valence-electron chi connectivity index (χ2n) is 4.16. The van der Waals surface area contributed by atoms with E-state index in [1.54, 1.807) is 7.11 Å². The van der Waals surface area contributed by atoms with Gasteiger partial charge in [-0.15, -0.1) is 0 Å². The van der Waals surface area contributed by atoms with Crippen molar-refractivity contribution in [3.8, 4) is 0 Å². The summed E-state index contributed by atoms with van der Waals surface area (Å²) in [5.41, 5.74) is 7.74. The molecule has 0 amide bonds. The normalized spacial score (nSPS) is 10.9. The minimum Gasteiger partial charge on any atom is -0.393 e. The fourth-order valence-electron chi connectivity index (χ4n) is 2.03. The molecule has 2 N–H and O–H groups in total. The van der Waals surface area contributed by atoms with Crippen LogP contribution in [0.25, 0.3) is 11.0 Å². The molecule has 96 valence electrons. The maximum absolute atomic E-state index is 5.62. The van der Waals surface area contributed by atoms with Crippen molar-refractivity contribution in [3.63, 3.8) is 0 Å². The number of imidazole rings is 1. The van der Waals surface area contributed by atoms with E-state index < -0.39 is 0 Å². The van der Waals surface area contributed by atoms with Crippen molar-refractivity contribution >= 4 is 28.2 Å². The maximum Gasteiger partial charge on any atom is 0.116 e. The van der Waals surface area contributed by atoms with Crippen LogP contribution in [0.4, 0.5) is 0 Å². The molecule has 18 heavy (non-hydrogen) atoms. The third-order valence-electron chi connectivity index (χ3n) is 2.80. The number of thiocarbonyl (C=S) groups is 1. The van der Waals surface area contributed by atoms with Crippen molar-refractivity contribution in [3.05, 3.63) is 30.1 Å². The lowest BCUT2D eigenvalue weighted by atomic mass is 10.3. The lowest BCUT2D eigenvalue weighted by molar-refractivity contribution is 0.190. The van der Waals surface area contributed by atoms with Gasteiger partial charge in [0.05, 0.1) is 22.4 Å². The van der Waals surface area contributed by atoms with Gasteiger partial charge in [-0.3, -0.25) is 0 Å². The van der Waals surface area contributed by atoms with E-state index in [0.717, 1.165) is 36.4 Å². The summed E-state index contributed by atoms with van der Waals surface area (Å²) in [7, 11) is 1.71. The Kier molecular flexibility index (Phi) is 4.28. The molecule has 1 aromatic carbocycles. The molecule has 0 bridgehead atoms. The lowest BCUT2D eigenvalue weighted by Crippen LogP contribution is -2.16. The van der Waals surface area contributed by atoms with Crippen LogP contribution >= 0.6 is 12.2 Å². The summed E-state index contributed by atoms with van der Waals surface area (Å²) >= 11 is 4.98. The fraction of sp³-hybridized carbons (Fsp3) is 0.385. The first-order valence-electron chi connectivity index (χ1n) is 5.93. The molecule has 4 nitrogen and oxygen atoms in total. The van der Waals surface area contributed by atoms with E-state index in [1.165, 1.54) is 0 Å². The zero-order valence-corrected chi connectivity index (χ0v) is 11.2. The Balaban J connectivity index is 2.34. The summed E-state index contributed by atoms with van der Waals surface area (Å²) in [5.74, 6) is 0.930. The van der Waals surface area contributed by atoms with E-state index >= 15 is 0 Å². The Morgan fingerprint density at radius 3 is 2.94 bits per heavy atom. The fourth-order valence-corrected chi connectivity index (χ4v) is 2.16. The molecule has 0 saturated carbocycles. The van der Waals surface area contributed by atoms with Crippen molar-refractivity contribution in [2.75, 3.05) is 13.7 Å². The molecule has 0 aliphatic heterocycles. The van der Waals surface area contributed by atoms with Crippen LogP contribution in [0.3, 0.4) is 0 Å². The van der Waals surface area contributed by atoms with Gasteiger partial charge in [-0.2, -0.15) is 0 Å². The van der Waals surface area contributed by atoms with Crippen molar-refractivity contribution < 1.29 is 4.74 Å². The molecule has 0 spiro atoms. The first-order chi connectivity index (χ1) is 8.72. The number of nitrogens with two attached hydrogens (primary N) is 1. The van der Waals surface area contributed by atoms with Gasteiger partial charge < -0.3 is 15.0 Å². The summed E-state index contributed by atoms with van der Waals surface area (Å²) in [4.78, 5) is 5.06. The number of ether oxygens (including phenoxy) is 1. The second kappa shape index (κ2) is 5.93. The molecule has 0 aliphatic rings. The number of hydrogen-bond donors (Lipinski definition) is 1. The summed E-state index contributed by atoms with van der Waals surface area (Å²) in [6.45, 7) is 1.60. The van der Waals surface area contributed by atoms with E-state index in [2.05, 4.69) is 15.6 Å². The highest BCUT2D eigenvalue weighted by Crippen LogP contribution is 2.17. The van der Waals surface area contributed by atoms with Gasteiger partial charge in [0.15, 0.2) is 0 Å². The van der Waals surface area contributed by atoms with Gasteiger partial charge >= 0.3 is 0 Å². The molecule has 1 heterocycles. The zero-order chi connectivity index (χ0) is 13.0. The van der Waals surface area contributed by atoms with Crippen LogP contribution < -0.4 is 5.73 Å². The zero-order valence-electron chi connectivity index (χ0n) is 10.4. The molecular formula is C13H17N3OS. The van der Waals surface area contributed by atoms with Crippen LogP contribution in [0, 0.1) is 0 Å². The highest BCUT2D eigenvalue weighted by Gasteiger charge is 2.10. The number of hydrogen-bond acceptors (Lipinski definition) is 3. The van der Waals surface area contributed by atoms with Gasteiger partial charge in [-0.25, -0.2) is 4.98 Å². The summed E-state index contributed by atoms with van der Waals surface area (Å²) in [6.07, 6.45) is 1.48. The number of aryl methyl sites for hydroxylation is 1. The van der Waals surface area contributed by atoms with Crippen molar-refractivity contribution in [2.45, 2.75) is 19.4 Å².